The summed E-state index contributed by atoms with van der Waals surface area (Å²) in [6.07, 6.45) is 12.1. The Morgan fingerprint density at radius 2 is 1.96 bits per heavy atom. The van der Waals surface area contributed by atoms with Gasteiger partial charge in [0.25, 0.3) is 5.91 Å². The number of unbranched alkanes of at least 4 members (excludes halogenated alkanes) is 2. The van der Waals surface area contributed by atoms with Crippen LogP contribution in [0, 0.1) is 11.3 Å². The third-order valence-electron chi connectivity index (χ3n) is 6.60. The zero-order valence-electron chi connectivity index (χ0n) is 16.9. The summed E-state index contributed by atoms with van der Waals surface area (Å²) in [4.78, 5) is 12.8. The predicted octanol–water partition coefficient (Wildman–Crippen LogP) is 4.68. The molecular weight excluding hydrogens is 372 g/mol. The topological polar surface area (TPSA) is 61.4 Å². The van der Waals surface area contributed by atoms with Gasteiger partial charge in [-0.15, -0.1) is 0 Å². The van der Waals surface area contributed by atoms with Crippen LogP contribution in [0.1, 0.15) is 80.1 Å². The Balaban J connectivity index is 1.51. The first-order valence-corrected chi connectivity index (χ1v) is 11.4. The van der Waals surface area contributed by atoms with E-state index in [9.17, 15) is 4.79 Å². The van der Waals surface area contributed by atoms with Crippen molar-refractivity contribution in [2.75, 3.05) is 19.7 Å². The van der Waals surface area contributed by atoms with E-state index in [0.29, 0.717) is 16.0 Å². The highest BCUT2D eigenvalue weighted by atomic mass is 35.5. The van der Waals surface area contributed by atoms with E-state index in [1.807, 2.05) is 18.2 Å². The van der Waals surface area contributed by atoms with Gasteiger partial charge in [0.2, 0.25) is 0 Å². The van der Waals surface area contributed by atoms with Gasteiger partial charge in [0.15, 0.2) is 0 Å². The smallest absolute Gasteiger partial charge is 0.252 e. The van der Waals surface area contributed by atoms with E-state index in [0.717, 1.165) is 50.4 Å². The average Bonchev–Trinajstić information content (AvgIpc) is 2.70. The zero-order chi connectivity index (χ0) is 19.8. The minimum atomic E-state index is -0.0446. The number of aliphatic hydroxyl groups is 1. The van der Waals surface area contributed by atoms with Crippen molar-refractivity contribution in [3.8, 4) is 0 Å². The molecule has 1 aromatic rings. The lowest BCUT2D eigenvalue weighted by Gasteiger charge is -2.45. The monoisotopic (exact) mass is 406 g/mol. The fraction of sp³-hybridized carbons (Fsp3) is 0.696. The zero-order valence-corrected chi connectivity index (χ0v) is 17.7. The minimum Gasteiger partial charge on any atom is -0.396 e. The summed E-state index contributed by atoms with van der Waals surface area (Å²) in [6, 6.07) is 5.72. The molecule has 0 heterocycles. The molecule has 4 nitrogen and oxygen atoms in total. The van der Waals surface area contributed by atoms with Crippen LogP contribution in [-0.2, 0) is 6.54 Å². The summed E-state index contributed by atoms with van der Waals surface area (Å²) in [7, 11) is 0. The highest BCUT2D eigenvalue weighted by Gasteiger charge is 2.39. The third-order valence-corrected chi connectivity index (χ3v) is 6.93. The number of rotatable bonds is 10. The Bertz CT molecular complexity index is 639. The van der Waals surface area contributed by atoms with Crippen molar-refractivity contribution in [1.82, 2.24) is 10.6 Å². The first kappa shape index (κ1) is 21.6. The Morgan fingerprint density at radius 1 is 1.18 bits per heavy atom. The lowest BCUT2D eigenvalue weighted by atomic mass is 9.62. The Hall–Kier alpha value is -1.10. The van der Waals surface area contributed by atoms with Crippen LogP contribution in [0.5, 0.6) is 0 Å². The van der Waals surface area contributed by atoms with Crippen LogP contribution in [0.2, 0.25) is 5.02 Å². The van der Waals surface area contributed by atoms with Crippen LogP contribution in [0.25, 0.3) is 0 Å². The first-order valence-electron chi connectivity index (χ1n) is 11.0. The molecule has 0 unspecified atom stereocenters. The van der Waals surface area contributed by atoms with E-state index >= 15 is 0 Å². The molecule has 2 bridgehead atoms. The molecule has 0 saturated heterocycles. The van der Waals surface area contributed by atoms with Gasteiger partial charge in [-0.3, -0.25) is 4.79 Å². The summed E-state index contributed by atoms with van der Waals surface area (Å²) < 4.78 is 0. The van der Waals surface area contributed by atoms with Crippen molar-refractivity contribution in [2.24, 2.45) is 11.3 Å². The molecule has 0 spiro atoms. The van der Waals surface area contributed by atoms with E-state index in [2.05, 4.69) is 10.6 Å². The van der Waals surface area contributed by atoms with E-state index in [1.54, 1.807) is 0 Å². The molecule has 2 aliphatic rings. The molecule has 1 amide bonds. The molecule has 0 atom stereocenters. The number of aliphatic hydroxyl groups excluding tert-OH is 1. The predicted molar refractivity (Wildman–Crippen MR) is 115 cm³/mol. The van der Waals surface area contributed by atoms with Gasteiger partial charge in [0, 0.05) is 19.7 Å². The molecule has 3 rings (SSSR count). The number of hydrogen-bond donors (Lipinski definition) is 3. The molecule has 0 aliphatic heterocycles. The maximum Gasteiger partial charge on any atom is 0.252 e. The number of nitrogens with one attached hydrogen (secondary N) is 2. The van der Waals surface area contributed by atoms with Gasteiger partial charge in [0.1, 0.15) is 0 Å². The molecule has 0 aromatic heterocycles. The summed E-state index contributed by atoms with van der Waals surface area (Å²) >= 11 is 6.33. The molecule has 3 N–H and O–H groups in total. The van der Waals surface area contributed by atoms with E-state index in [1.165, 1.54) is 44.9 Å². The maximum absolute atomic E-state index is 12.8. The van der Waals surface area contributed by atoms with Gasteiger partial charge in [-0.25, -0.2) is 0 Å². The summed E-state index contributed by atoms with van der Waals surface area (Å²) in [5, 5.41) is 15.9. The average molecular weight is 407 g/mol. The van der Waals surface area contributed by atoms with Crippen LogP contribution < -0.4 is 10.6 Å². The molecule has 2 aliphatic carbocycles. The van der Waals surface area contributed by atoms with Crippen LogP contribution in [0.4, 0.5) is 0 Å². The lowest BCUT2D eigenvalue weighted by Crippen LogP contribution is -2.43. The second-order valence-corrected chi connectivity index (χ2v) is 9.22. The fourth-order valence-electron chi connectivity index (χ4n) is 5.06. The Labute approximate surface area is 174 Å². The van der Waals surface area contributed by atoms with Crippen molar-refractivity contribution < 1.29 is 9.90 Å². The quantitative estimate of drug-likeness (QED) is 0.494. The number of hydrogen-bond acceptors (Lipinski definition) is 3. The van der Waals surface area contributed by atoms with Crippen molar-refractivity contribution in [2.45, 2.75) is 70.8 Å². The highest BCUT2D eigenvalue weighted by molar-refractivity contribution is 6.33. The number of carbonyl (C=O) groups excluding carboxylic acids is 1. The molecule has 5 heteroatoms. The SMILES string of the molecule is O=C(NCC12CCCC(CCC1)C2)c1cc(CNCCCCCO)ccc1Cl. The second-order valence-electron chi connectivity index (χ2n) is 8.81. The van der Waals surface area contributed by atoms with E-state index in [-0.39, 0.29) is 12.5 Å². The number of benzene rings is 1. The van der Waals surface area contributed by atoms with E-state index in [4.69, 9.17) is 16.7 Å². The van der Waals surface area contributed by atoms with Gasteiger partial charge in [-0.1, -0.05) is 43.4 Å². The third kappa shape index (κ3) is 5.95. The van der Waals surface area contributed by atoms with Crippen molar-refractivity contribution in [3.05, 3.63) is 34.3 Å². The Morgan fingerprint density at radius 3 is 2.71 bits per heavy atom. The molecule has 0 radical (unpaired) electrons. The number of halogens is 1. The van der Waals surface area contributed by atoms with Crippen LogP contribution in [0.3, 0.4) is 0 Å². The summed E-state index contributed by atoms with van der Waals surface area (Å²) in [5.41, 5.74) is 1.97. The molecule has 1 aromatic carbocycles. The molecule has 2 saturated carbocycles. The fourth-order valence-corrected chi connectivity index (χ4v) is 5.26. The molecular formula is C23H35ClN2O2. The van der Waals surface area contributed by atoms with Crippen molar-refractivity contribution in [3.63, 3.8) is 0 Å². The van der Waals surface area contributed by atoms with E-state index < -0.39 is 0 Å². The number of carbonyl (C=O) groups is 1. The Kier molecular flexibility index (Phi) is 8.19. The summed E-state index contributed by atoms with van der Waals surface area (Å²) in [5.74, 6) is 0.826. The maximum atomic E-state index is 12.8. The first-order chi connectivity index (χ1) is 13.6. The van der Waals surface area contributed by atoms with Gasteiger partial charge in [-0.2, -0.15) is 0 Å². The molecule has 28 heavy (non-hydrogen) atoms. The van der Waals surface area contributed by atoms with Crippen molar-refractivity contribution >= 4 is 17.5 Å². The van der Waals surface area contributed by atoms with Gasteiger partial charge in [0.05, 0.1) is 10.6 Å². The van der Waals surface area contributed by atoms with Crippen molar-refractivity contribution in [1.29, 1.82) is 0 Å². The molecule has 156 valence electrons. The normalized spacial score (nSPS) is 24.1. The lowest BCUT2D eigenvalue weighted by molar-refractivity contribution is 0.0681. The highest BCUT2D eigenvalue weighted by Crippen LogP contribution is 2.48. The van der Waals surface area contributed by atoms with Crippen LogP contribution >= 0.6 is 11.6 Å². The standard InChI is InChI=1S/C23H35ClN2O2/c24-21-9-8-19(16-25-12-2-1-3-13-27)14-20(21)22(28)26-17-23-10-4-6-18(15-23)7-5-11-23/h8-9,14,18,25,27H,1-7,10-13,15-17H2,(H,26,28). The second kappa shape index (κ2) is 10.6. The summed E-state index contributed by atoms with van der Waals surface area (Å²) in [6.45, 7) is 2.68. The largest absolute Gasteiger partial charge is 0.396 e. The number of fused-ring (bicyclic) bond motifs is 2. The minimum absolute atomic E-state index is 0.0446. The van der Waals surface area contributed by atoms with Crippen LogP contribution in [0.15, 0.2) is 18.2 Å². The number of amides is 1. The van der Waals surface area contributed by atoms with Gasteiger partial charge >= 0.3 is 0 Å². The van der Waals surface area contributed by atoms with Gasteiger partial charge < -0.3 is 15.7 Å². The van der Waals surface area contributed by atoms with Crippen LogP contribution in [-0.4, -0.2) is 30.7 Å². The van der Waals surface area contributed by atoms with Gasteiger partial charge in [-0.05, 0) is 74.1 Å². The molecule has 2 fully saturated rings.